The molecule has 0 aliphatic heterocycles. The standard InChI is InChI=1S/C28H27N3O5/c32-27(20-29-22-14-12-21(13-15-22)28(33)30-19-24-9-6-16-34-24)31-25-10-4-5-11-26(25)36-18-17-35-23-7-2-1-3-8-23/h1-16,29H,17-20H2,(H,30,33)(H,31,32). The van der Waals surface area contributed by atoms with Crippen molar-refractivity contribution in [3.63, 3.8) is 0 Å². The number of nitrogens with one attached hydrogen (secondary N) is 3. The number of carbonyl (C=O) groups excluding carboxylic acids is 2. The van der Waals surface area contributed by atoms with Crippen LogP contribution >= 0.6 is 0 Å². The zero-order valence-corrected chi connectivity index (χ0v) is 19.6. The van der Waals surface area contributed by atoms with Gasteiger partial charge in [0.2, 0.25) is 5.91 Å². The molecule has 1 heterocycles. The molecule has 4 rings (SSSR count). The Morgan fingerprint density at radius 1 is 0.778 bits per heavy atom. The first kappa shape index (κ1) is 24.4. The van der Waals surface area contributed by atoms with Gasteiger partial charge in [-0.25, -0.2) is 0 Å². The smallest absolute Gasteiger partial charge is 0.251 e. The third-order valence-electron chi connectivity index (χ3n) is 5.12. The zero-order chi connectivity index (χ0) is 25.0. The summed E-state index contributed by atoms with van der Waals surface area (Å²) in [6, 6.07) is 27.2. The molecule has 0 radical (unpaired) electrons. The van der Waals surface area contributed by atoms with Gasteiger partial charge in [-0.05, 0) is 60.7 Å². The van der Waals surface area contributed by atoms with Gasteiger partial charge in [0.25, 0.3) is 5.91 Å². The Morgan fingerprint density at radius 2 is 1.53 bits per heavy atom. The highest BCUT2D eigenvalue weighted by Gasteiger charge is 2.09. The summed E-state index contributed by atoms with van der Waals surface area (Å²) < 4.78 is 16.6. The number of hydrogen-bond donors (Lipinski definition) is 3. The van der Waals surface area contributed by atoms with Crippen molar-refractivity contribution in [1.29, 1.82) is 0 Å². The molecule has 4 aromatic rings. The Labute approximate surface area is 209 Å². The van der Waals surface area contributed by atoms with E-state index < -0.39 is 0 Å². The van der Waals surface area contributed by atoms with E-state index >= 15 is 0 Å². The van der Waals surface area contributed by atoms with E-state index in [-0.39, 0.29) is 18.4 Å². The van der Waals surface area contributed by atoms with Gasteiger partial charge < -0.3 is 29.8 Å². The SMILES string of the molecule is O=C(CNc1ccc(C(=O)NCc2ccco2)cc1)Nc1ccccc1OCCOc1ccccc1. The average molecular weight is 486 g/mol. The van der Waals surface area contributed by atoms with Crippen molar-refractivity contribution in [1.82, 2.24) is 5.32 Å². The van der Waals surface area contributed by atoms with Crippen LogP contribution in [-0.2, 0) is 11.3 Å². The van der Waals surface area contributed by atoms with E-state index in [4.69, 9.17) is 13.9 Å². The molecule has 0 aliphatic carbocycles. The summed E-state index contributed by atoms with van der Waals surface area (Å²) in [6.45, 7) is 1.08. The fourth-order valence-corrected chi connectivity index (χ4v) is 3.32. The molecule has 0 bridgehead atoms. The quantitative estimate of drug-likeness (QED) is 0.251. The second kappa shape index (κ2) is 12.7. The highest BCUT2D eigenvalue weighted by molar-refractivity contribution is 5.96. The van der Waals surface area contributed by atoms with Crippen molar-refractivity contribution in [2.24, 2.45) is 0 Å². The molecule has 8 nitrogen and oxygen atoms in total. The summed E-state index contributed by atoms with van der Waals surface area (Å²) in [5, 5.41) is 8.71. The lowest BCUT2D eigenvalue weighted by Crippen LogP contribution is -2.23. The number of ether oxygens (including phenoxy) is 2. The van der Waals surface area contributed by atoms with E-state index in [1.807, 2.05) is 42.5 Å². The molecule has 0 unspecified atom stereocenters. The van der Waals surface area contributed by atoms with E-state index in [1.165, 1.54) is 0 Å². The second-order valence-electron chi connectivity index (χ2n) is 7.75. The van der Waals surface area contributed by atoms with Crippen LogP contribution in [-0.4, -0.2) is 31.6 Å². The highest BCUT2D eigenvalue weighted by Crippen LogP contribution is 2.23. The molecule has 0 spiro atoms. The van der Waals surface area contributed by atoms with E-state index in [1.54, 1.807) is 54.8 Å². The minimum atomic E-state index is -0.230. The monoisotopic (exact) mass is 485 g/mol. The largest absolute Gasteiger partial charge is 0.490 e. The maximum atomic E-state index is 12.5. The predicted molar refractivity (Wildman–Crippen MR) is 137 cm³/mol. The van der Waals surface area contributed by atoms with Crippen LogP contribution in [0.4, 0.5) is 11.4 Å². The normalized spacial score (nSPS) is 10.3. The van der Waals surface area contributed by atoms with Gasteiger partial charge in [0, 0.05) is 11.3 Å². The van der Waals surface area contributed by atoms with E-state index in [0.717, 1.165) is 11.4 Å². The van der Waals surface area contributed by atoms with E-state index in [2.05, 4.69) is 16.0 Å². The van der Waals surface area contributed by atoms with Gasteiger partial charge in [0.05, 0.1) is 25.0 Å². The van der Waals surface area contributed by atoms with Crippen molar-refractivity contribution in [2.75, 3.05) is 30.4 Å². The Bertz CT molecular complexity index is 1240. The molecule has 3 N–H and O–H groups in total. The lowest BCUT2D eigenvalue weighted by atomic mass is 10.2. The summed E-state index contributed by atoms with van der Waals surface area (Å²) in [5.74, 6) is 1.58. The van der Waals surface area contributed by atoms with Crippen LogP contribution in [0.1, 0.15) is 16.1 Å². The van der Waals surface area contributed by atoms with Gasteiger partial charge in [-0.1, -0.05) is 30.3 Å². The van der Waals surface area contributed by atoms with Gasteiger partial charge in [-0.15, -0.1) is 0 Å². The fraction of sp³-hybridized carbons (Fsp3) is 0.143. The van der Waals surface area contributed by atoms with Gasteiger partial charge in [-0.2, -0.15) is 0 Å². The van der Waals surface area contributed by atoms with Crippen LogP contribution in [0.15, 0.2) is 102 Å². The van der Waals surface area contributed by atoms with Gasteiger partial charge in [0.1, 0.15) is 30.5 Å². The highest BCUT2D eigenvalue weighted by atomic mass is 16.5. The maximum absolute atomic E-state index is 12.5. The van der Waals surface area contributed by atoms with Crippen molar-refractivity contribution < 1.29 is 23.5 Å². The summed E-state index contributed by atoms with van der Waals surface area (Å²) in [7, 11) is 0. The number of furan rings is 1. The zero-order valence-electron chi connectivity index (χ0n) is 19.6. The summed E-state index contributed by atoms with van der Waals surface area (Å²) >= 11 is 0. The molecule has 0 aliphatic rings. The topological polar surface area (TPSA) is 102 Å². The molecule has 0 atom stereocenters. The summed E-state index contributed by atoms with van der Waals surface area (Å²) in [5.41, 5.74) is 1.81. The molecular formula is C28H27N3O5. The number of benzene rings is 3. The molecular weight excluding hydrogens is 458 g/mol. The Kier molecular flexibility index (Phi) is 8.58. The van der Waals surface area contributed by atoms with Crippen LogP contribution in [0.2, 0.25) is 0 Å². The molecule has 2 amide bonds. The third-order valence-corrected chi connectivity index (χ3v) is 5.12. The van der Waals surface area contributed by atoms with Gasteiger partial charge in [-0.3, -0.25) is 9.59 Å². The first-order valence-electron chi connectivity index (χ1n) is 11.5. The Morgan fingerprint density at radius 3 is 2.31 bits per heavy atom. The van der Waals surface area contributed by atoms with Gasteiger partial charge in [0.15, 0.2) is 0 Å². The number of carbonyl (C=O) groups is 2. The van der Waals surface area contributed by atoms with Crippen LogP contribution < -0.4 is 25.4 Å². The molecule has 0 saturated carbocycles. The Hall–Kier alpha value is -4.72. The number of rotatable bonds is 12. The maximum Gasteiger partial charge on any atom is 0.251 e. The van der Waals surface area contributed by atoms with Crippen LogP contribution in [0, 0.1) is 0 Å². The lowest BCUT2D eigenvalue weighted by Gasteiger charge is -2.13. The van der Waals surface area contributed by atoms with Crippen LogP contribution in [0.25, 0.3) is 0 Å². The minimum absolute atomic E-state index is 0.0511. The van der Waals surface area contributed by atoms with Crippen molar-refractivity contribution in [3.8, 4) is 11.5 Å². The average Bonchev–Trinajstić information content (AvgIpc) is 3.44. The fourth-order valence-electron chi connectivity index (χ4n) is 3.32. The minimum Gasteiger partial charge on any atom is -0.490 e. The summed E-state index contributed by atoms with van der Waals surface area (Å²) in [4.78, 5) is 24.8. The van der Waals surface area contributed by atoms with Crippen LogP contribution in [0.5, 0.6) is 11.5 Å². The van der Waals surface area contributed by atoms with E-state index in [9.17, 15) is 9.59 Å². The van der Waals surface area contributed by atoms with Crippen molar-refractivity contribution >= 4 is 23.2 Å². The Balaban J connectivity index is 1.21. The predicted octanol–water partition coefficient (Wildman–Crippen LogP) is 4.72. The van der Waals surface area contributed by atoms with Crippen LogP contribution in [0.3, 0.4) is 0 Å². The first-order valence-corrected chi connectivity index (χ1v) is 11.5. The van der Waals surface area contributed by atoms with Gasteiger partial charge >= 0.3 is 0 Å². The lowest BCUT2D eigenvalue weighted by molar-refractivity contribution is -0.114. The van der Waals surface area contributed by atoms with Crippen molar-refractivity contribution in [2.45, 2.75) is 6.54 Å². The second-order valence-corrected chi connectivity index (χ2v) is 7.75. The molecule has 0 fully saturated rings. The molecule has 3 aromatic carbocycles. The molecule has 1 aromatic heterocycles. The third kappa shape index (κ3) is 7.39. The van der Waals surface area contributed by atoms with Crippen molar-refractivity contribution in [3.05, 3.63) is 109 Å². The molecule has 36 heavy (non-hydrogen) atoms. The molecule has 8 heteroatoms. The molecule has 184 valence electrons. The number of para-hydroxylation sites is 3. The number of hydrogen-bond acceptors (Lipinski definition) is 6. The number of anilines is 2. The molecule has 0 saturated heterocycles. The summed E-state index contributed by atoms with van der Waals surface area (Å²) in [6.07, 6.45) is 1.56. The number of amides is 2. The first-order chi connectivity index (χ1) is 17.7. The van der Waals surface area contributed by atoms with E-state index in [0.29, 0.717) is 42.5 Å².